The Bertz CT molecular complexity index is 949. The Morgan fingerprint density at radius 2 is 2.17 bits per heavy atom. The van der Waals surface area contributed by atoms with Crippen LogP contribution in [0.4, 0.5) is 0 Å². The summed E-state index contributed by atoms with van der Waals surface area (Å²) in [7, 11) is 8.00. The maximum absolute atomic E-state index is 12.4. The van der Waals surface area contributed by atoms with Crippen molar-refractivity contribution in [1.82, 2.24) is 19.8 Å². The third-order valence-corrected chi connectivity index (χ3v) is 4.58. The van der Waals surface area contributed by atoms with Crippen LogP contribution in [-0.2, 0) is 6.54 Å². The number of hydrogen-bond donors (Lipinski definition) is 1. The first-order chi connectivity index (χ1) is 11.6. The van der Waals surface area contributed by atoms with Gasteiger partial charge in [-0.15, -0.1) is 0 Å². The summed E-state index contributed by atoms with van der Waals surface area (Å²) in [5.41, 5.74) is 1.87. The number of rotatable bonds is 2. The fraction of sp³-hybridized carbons (Fsp3) is 0.412. The second-order valence-corrected chi connectivity index (χ2v) is 6.48. The SMILES string of the molecule is [B]c1ccc2oc3c(=O)[nH]c(CN4CCCN(C)CC4)nc3c2c1. The molecule has 6 nitrogen and oxygen atoms in total. The Hall–Kier alpha value is -2.12. The smallest absolute Gasteiger partial charge is 0.294 e. The third kappa shape index (κ3) is 2.85. The molecular weight excluding hydrogens is 303 g/mol. The average Bonchev–Trinajstić information content (AvgIpc) is 2.78. The molecule has 4 rings (SSSR count). The van der Waals surface area contributed by atoms with Crippen LogP contribution < -0.4 is 11.0 Å². The summed E-state index contributed by atoms with van der Waals surface area (Å²) in [6.07, 6.45) is 1.12. The molecule has 1 saturated heterocycles. The average molecular weight is 322 g/mol. The molecule has 0 aliphatic carbocycles. The fourth-order valence-corrected chi connectivity index (χ4v) is 3.26. The molecule has 1 aromatic carbocycles. The van der Waals surface area contributed by atoms with Crippen molar-refractivity contribution in [2.75, 3.05) is 33.2 Å². The van der Waals surface area contributed by atoms with Gasteiger partial charge in [-0.3, -0.25) is 9.69 Å². The van der Waals surface area contributed by atoms with Crippen LogP contribution in [0.25, 0.3) is 22.1 Å². The van der Waals surface area contributed by atoms with Crippen LogP contribution in [0.2, 0.25) is 0 Å². The maximum atomic E-state index is 12.4. The number of benzene rings is 1. The minimum absolute atomic E-state index is 0.239. The molecule has 3 heterocycles. The molecule has 1 aliphatic heterocycles. The zero-order valence-electron chi connectivity index (χ0n) is 13.7. The van der Waals surface area contributed by atoms with E-state index in [1.165, 1.54) is 0 Å². The molecule has 0 spiro atoms. The zero-order valence-corrected chi connectivity index (χ0v) is 13.7. The van der Waals surface area contributed by atoms with Crippen LogP contribution in [0.5, 0.6) is 0 Å². The minimum Gasteiger partial charge on any atom is -0.449 e. The molecule has 2 radical (unpaired) electrons. The summed E-state index contributed by atoms with van der Waals surface area (Å²) in [6, 6.07) is 5.34. The lowest BCUT2D eigenvalue weighted by atomic mass is 9.95. The first kappa shape index (κ1) is 15.4. The van der Waals surface area contributed by atoms with Gasteiger partial charge < -0.3 is 14.3 Å². The zero-order chi connectivity index (χ0) is 16.7. The maximum Gasteiger partial charge on any atom is 0.294 e. The van der Waals surface area contributed by atoms with Crippen molar-refractivity contribution in [2.24, 2.45) is 0 Å². The summed E-state index contributed by atoms with van der Waals surface area (Å²) in [5, 5.41) is 0.785. The quantitative estimate of drug-likeness (QED) is 0.700. The first-order valence-electron chi connectivity index (χ1n) is 8.22. The van der Waals surface area contributed by atoms with E-state index in [0.29, 0.717) is 28.9 Å². The summed E-state index contributed by atoms with van der Waals surface area (Å²) in [4.78, 5) is 24.5. The Balaban J connectivity index is 1.72. The number of hydrogen-bond acceptors (Lipinski definition) is 5. The van der Waals surface area contributed by atoms with Gasteiger partial charge in [-0.25, -0.2) is 4.98 Å². The number of fused-ring (bicyclic) bond motifs is 3. The van der Waals surface area contributed by atoms with Gasteiger partial charge in [-0.05, 0) is 32.6 Å². The highest BCUT2D eigenvalue weighted by Crippen LogP contribution is 2.23. The number of aromatic amines is 1. The van der Waals surface area contributed by atoms with Crippen LogP contribution in [0.15, 0.2) is 27.4 Å². The molecule has 7 heteroatoms. The van der Waals surface area contributed by atoms with E-state index in [1.807, 2.05) is 0 Å². The molecule has 1 N–H and O–H groups in total. The Labute approximate surface area is 140 Å². The number of nitrogens with zero attached hydrogens (tertiary/aromatic N) is 3. The van der Waals surface area contributed by atoms with Gasteiger partial charge in [-0.2, -0.15) is 0 Å². The Kier molecular flexibility index (Phi) is 3.90. The van der Waals surface area contributed by atoms with Crippen molar-refractivity contribution in [3.63, 3.8) is 0 Å². The largest absolute Gasteiger partial charge is 0.449 e. The van der Waals surface area contributed by atoms with Gasteiger partial charge in [-0.1, -0.05) is 17.6 Å². The fourth-order valence-electron chi connectivity index (χ4n) is 3.26. The van der Waals surface area contributed by atoms with Crippen LogP contribution >= 0.6 is 0 Å². The van der Waals surface area contributed by atoms with E-state index in [2.05, 4.69) is 26.8 Å². The van der Waals surface area contributed by atoms with E-state index in [4.69, 9.17) is 12.3 Å². The second-order valence-electron chi connectivity index (χ2n) is 6.48. The molecule has 1 aliphatic rings. The summed E-state index contributed by atoms with van der Waals surface area (Å²) in [6.45, 7) is 4.74. The van der Waals surface area contributed by atoms with Gasteiger partial charge in [0.1, 0.15) is 24.8 Å². The molecule has 3 aromatic rings. The lowest BCUT2D eigenvalue weighted by molar-refractivity contribution is 0.263. The number of nitrogens with one attached hydrogen (secondary N) is 1. The topological polar surface area (TPSA) is 65.4 Å². The first-order valence-corrected chi connectivity index (χ1v) is 8.22. The molecule has 1 fully saturated rings. The Morgan fingerprint density at radius 1 is 1.29 bits per heavy atom. The normalized spacial score (nSPS) is 17.5. The van der Waals surface area contributed by atoms with Gasteiger partial charge >= 0.3 is 0 Å². The summed E-state index contributed by atoms with van der Waals surface area (Å²) in [5.74, 6) is 0.669. The predicted octanol–water partition coefficient (Wildman–Crippen LogP) is 0.601. The summed E-state index contributed by atoms with van der Waals surface area (Å²) >= 11 is 0. The lowest BCUT2D eigenvalue weighted by Gasteiger charge is -2.19. The van der Waals surface area contributed by atoms with Gasteiger partial charge in [0.2, 0.25) is 5.58 Å². The highest BCUT2D eigenvalue weighted by molar-refractivity contribution is 6.33. The molecule has 2 aromatic heterocycles. The van der Waals surface area contributed by atoms with Crippen molar-refractivity contribution in [1.29, 1.82) is 0 Å². The van der Waals surface area contributed by atoms with Gasteiger partial charge in [0.05, 0.1) is 6.54 Å². The molecule has 0 unspecified atom stereocenters. The number of likely N-dealkylation sites (N-methyl/N-ethyl adjacent to an activating group) is 1. The van der Waals surface area contributed by atoms with Gasteiger partial charge in [0.15, 0.2) is 0 Å². The predicted molar refractivity (Wildman–Crippen MR) is 94.9 cm³/mol. The molecule has 24 heavy (non-hydrogen) atoms. The molecular formula is C17H19BN4O2. The van der Waals surface area contributed by atoms with Gasteiger partial charge in [0, 0.05) is 18.5 Å². The van der Waals surface area contributed by atoms with E-state index >= 15 is 0 Å². The van der Waals surface area contributed by atoms with E-state index in [-0.39, 0.29) is 11.1 Å². The van der Waals surface area contributed by atoms with E-state index in [9.17, 15) is 4.79 Å². The van der Waals surface area contributed by atoms with Crippen LogP contribution in [-0.4, -0.2) is 60.8 Å². The minimum atomic E-state index is -0.239. The highest BCUT2D eigenvalue weighted by atomic mass is 16.3. The number of aromatic nitrogens is 2. The van der Waals surface area contributed by atoms with E-state index in [1.54, 1.807) is 18.2 Å². The van der Waals surface area contributed by atoms with Crippen LogP contribution in [0, 0.1) is 0 Å². The molecule has 122 valence electrons. The lowest BCUT2D eigenvalue weighted by Crippen LogP contribution is -2.30. The number of furan rings is 1. The standard InChI is InChI=1S/C17H19BN4O2/c1-21-5-2-6-22(8-7-21)10-14-19-15-12-9-11(18)3-4-13(12)24-16(15)17(23)20-14/h3-4,9H,2,5-8,10H2,1H3,(H,19,20,23). The third-order valence-electron chi connectivity index (χ3n) is 4.58. The highest BCUT2D eigenvalue weighted by Gasteiger charge is 2.17. The molecule has 0 amide bonds. The van der Waals surface area contributed by atoms with Crippen molar-refractivity contribution >= 4 is 35.4 Å². The molecule has 0 bridgehead atoms. The van der Waals surface area contributed by atoms with Crippen molar-refractivity contribution in [3.05, 3.63) is 34.4 Å². The van der Waals surface area contributed by atoms with Crippen molar-refractivity contribution in [3.8, 4) is 0 Å². The van der Waals surface area contributed by atoms with Crippen LogP contribution in [0.1, 0.15) is 12.2 Å². The Morgan fingerprint density at radius 3 is 3.04 bits per heavy atom. The van der Waals surface area contributed by atoms with Gasteiger partial charge in [0.25, 0.3) is 5.56 Å². The monoisotopic (exact) mass is 322 g/mol. The number of H-pyrrole nitrogens is 1. The second kappa shape index (κ2) is 6.07. The summed E-state index contributed by atoms with van der Waals surface area (Å²) < 4.78 is 5.64. The van der Waals surface area contributed by atoms with E-state index in [0.717, 1.165) is 38.0 Å². The van der Waals surface area contributed by atoms with Crippen LogP contribution in [0.3, 0.4) is 0 Å². The van der Waals surface area contributed by atoms with E-state index < -0.39 is 0 Å². The van der Waals surface area contributed by atoms with Crippen molar-refractivity contribution < 1.29 is 4.42 Å². The molecule has 0 atom stereocenters. The van der Waals surface area contributed by atoms with Crippen molar-refractivity contribution in [2.45, 2.75) is 13.0 Å². The molecule has 0 saturated carbocycles.